The summed E-state index contributed by atoms with van der Waals surface area (Å²) in [5.41, 5.74) is 0. The van der Waals surface area contributed by atoms with E-state index in [0.29, 0.717) is 0 Å². The van der Waals surface area contributed by atoms with Crippen LogP contribution in [0.15, 0.2) is 4.99 Å². The lowest BCUT2D eigenvalue weighted by atomic mass is 10.0. The van der Waals surface area contributed by atoms with Gasteiger partial charge >= 0.3 is 0 Å². The van der Waals surface area contributed by atoms with Crippen molar-refractivity contribution >= 4 is 22.8 Å². The zero-order valence-electron chi connectivity index (χ0n) is 8.17. The van der Waals surface area contributed by atoms with E-state index in [0.717, 1.165) is 30.3 Å². The summed E-state index contributed by atoms with van der Waals surface area (Å²) in [6.07, 6.45) is 1.81. The molecule has 0 aromatic carbocycles. The highest BCUT2D eigenvalue weighted by molar-refractivity contribution is 8.14. The lowest BCUT2D eigenvalue weighted by molar-refractivity contribution is -0.123. The predicted octanol–water partition coefficient (Wildman–Crippen LogP) is 1.64. The van der Waals surface area contributed by atoms with Crippen molar-refractivity contribution in [3.05, 3.63) is 0 Å². The van der Waals surface area contributed by atoms with Crippen LogP contribution in [0.2, 0.25) is 0 Å². The number of amidine groups is 1. The Hall–Kier alpha value is -0.510. The second kappa shape index (κ2) is 5.27. The van der Waals surface area contributed by atoms with E-state index in [1.54, 1.807) is 11.8 Å². The Morgan fingerprint density at radius 3 is 2.77 bits per heavy atom. The van der Waals surface area contributed by atoms with Crippen molar-refractivity contribution in [2.75, 3.05) is 12.3 Å². The molecule has 1 heterocycles. The summed E-state index contributed by atoms with van der Waals surface area (Å²) in [4.78, 5) is 15.7. The fourth-order valence-electron chi connectivity index (χ4n) is 1.28. The quantitative estimate of drug-likeness (QED) is 0.752. The average Bonchev–Trinajstić information content (AvgIpc) is 2.59. The molecule has 1 N–H and O–H groups in total. The van der Waals surface area contributed by atoms with Crippen molar-refractivity contribution in [1.29, 1.82) is 0 Å². The number of rotatable bonds is 3. The second-order valence-corrected chi connectivity index (χ2v) is 4.12. The molecule has 0 aliphatic carbocycles. The van der Waals surface area contributed by atoms with Gasteiger partial charge in [0.2, 0.25) is 5.91 Å². The number of nitrogens with zero attached hydrogens (tertiary/aromatic N) is 1. The van der Waals surface area contributed by atoms with E-state index in [4.69, 9.17) is 0 Å². The molecule has 1 aliphatic rings. The minimum atomic E-state index is 0.123. The number of carbonyl (C=O) groups is 1. The summed E-state index contributed by atoms with van der Waals surface area (Å²) in [5, 5.41) is 3.66. The summed E-state index contributed by atoms with van der Waals surface area (Å²) in [6, 6.07) is 0. The van der Waals surface area contributed by atoms with Crippen molar-refractivity contribution in [3.63, 3.8) is 0 Å². The molecular formula is C9H16N2OS. The number of amides is 1. The first kappa shape index (κ1) is 10.6. The van der Waals surface area contributed by atoms with Crippen LogP contribution in [0.1, 0.15) is 26.7 Å². The standard InChI is InChI=1S/C9H16N2OS/c1-3-7(4-2)8(12)11-9-10-5-6-13-9/h7H,3-6H2,1-2H3,(H,10,11,12). The molecule has 1 aliphatic heterocycles. The van der Waals surface area contributed by atoms with Gasteiger partial charge in [-0.2, -0.15) is 0 Å². The molecule has 0 atom stereocenters. The minimum absolute atomic E-state index is 0.123. The maximum absolute atomic E-state index is 11.6. The van der Waals surface area contributed by atoms with Crippen LogP contribution in [0.4, 0.5) is 0 Å². The van der Waals surface area contributed by atoms with Gasteiger partial charge in [-0.3, -0.25) is 9.79 Å². The average molecular weight is 200 g/mol. The maximum Gasteiger partial charge on any atom is 0.229 e. The third kappa shape index (κ3) is 3.03. The number of aliphatic imine (C=N–C) groups is 1. The largest absolute Gasteiger partial charge is 0.305 e. The van der Waals surface area contributed by atoms with E-state index in [1.807, 2.05) is 13.8 Å². The van der Waals surface area contributed by atoms with Gasteiger partial charge in [-0.15, -0.1) is 0 Å². The highest BCUT2D eigenvalue weighted by Gasteiger charge is 2.17. The second-order valence-electron chi connectivity index (χ2n) is 3.04. The van der Waals surface area contributed by atoms with Crippen LogP contribution in [0, 0.1) is 5.92 Å². The highest BCUT2D eigenvalue weighted by Crippen LogP contribution is 2.12. The minimum Gasteiger partial charge on any atom is -0.305 e. The fraction of sp³-hybridized carbons (Fsp3) is 0.778. The summed E-state index contributed by atoms with van der Waals surface area (Å²) < 4.78 is 0. The molecule has 74 valence electrons. The SMILES string of the molecule is CCC(CC)C(=O)NC1=NCCS1. The molecule has 13 heavy (non-hydrogen) atoms. The molecule has 4 heteroatoms. The molecule has 0 radical (unpaired) electrons. The lowest BCUT2D eigenvalue weighted by Gasteiger charge is -2.11. The van der Waals surface area contributed by atoms with Crippen molar-refractivity contribution in [2.45, 2.75) is 26.7 Å². The Bertz CT molecular complexity index is 212. The van der Waals surface area contributed by atoms with Crippen LogP contribution in [0.5, 0.6) is 0 Å². The van der Waals surface area contributed by atoms with Crippen LogP contribution in [-0.4, -0.2) is 23.4 Å². The number of hydrogen-bond donors (Lipinski definition) is 1. The van der Waals surface area contributed by atoms with Gasteiger partial charge in [0.15, 0.2) is 5.17 Å². The highest BCUT2D eigenvalue weighted by atomic mass is 32.2. The molecule has 0 fully saturated rings. The molecular weight excluding hydrogens is 184 g/mol. The van der Waals surface area contributed by atoms with Crippen molar-refractivity contribution in [1.82, 2.24) is 5.32 Å². The van der Waals surface area contributed by atoms with Gasteiger partial charge in [-0.05, 0) is 12.8 Å². The van der Waals surface area contributed by atoms with Crippen LogP contribution in [-0.2, 0) is 4.79 Å². The Morgan fingerprint density at radius 1 is 1.62 bits per heavy atom. The molecule has 0 bridgehead atoms. The van der Waals surface area contributed by atoms with Crippen molar-refractivity contribution in [3.8, 4) is 0 Å². The summed E-state index contributed by atoms with van der Waals surface area (Å²) in [5.74, 6) is 1.26. The molecule has 1 rings (SSSR count). The molecule has 0 unspecified atom stereocenters. The third-order valence-corrected chi connectivity index (χ3v) is 3.06. The summed E-state index contributed by atoms with van der Waals surface area (Å²) >= 11 is 1.63. The van der Waals surface area contributed by atoms with Crippen molar-refractivity contribution in [2.24, 2.45) is 10.9 Å². The van der Waals surface area contributed by atoms with Crippen molar-refractivity contribution < 1.29 is 4.79 Å². The van der Waals surface area contributed by atoms with E-state index in [-0.39, 0.29) is 11.8 Å². The Labute approximate surface area is 83.4 Å². The molecule has 0 aromatic rings. The van der Waals surface area contributed by atoms with Gasteiger partial charge in [-0.1, -0.05) is 25.6 Å². The number of carbonyl (C=O) groups excluding carboxylic acids is 1. The lowest BCUT2D eigenvalue weighted by Crippen LogP contribution is -2.33. The van der Waals surface area contributed by atoms with E-state index in [1.165, 1.54) is 0 Å². The summed E-state index contributed by atoms with van der Waals surface area (Å²) in [7, 11) is 0. The van der Waals surface area contributed by atoms with E-state index in [2.05, 4.69) is 10.3 Å². The molecule has 0 spiro atoms. The zero-order valence-corrected chi connectivity index (χ0v) is 8.99. The number of hydrogen-bond acceptors (Lipinski definition) is 3. The zero-order chi connectivity index (χ0) is 9.68. The van der Waals surface area contributed by atoms with E-state index < -0.39 is 0 Å². The third-order valence-electron chi connectivity index (χ3n) is 2.17. The fourth-order valence-corrected chi connectivity index (χ4v) is 2.01. The Morgan fingerprint density at radius 2 is 2.31 bits per heavy atom. The Kier molecular flexibility index (Phi) is 4.28. The van der Waals surface area contributed by atoms with Gasteiger partial charge in [0.1, 0.15) is 0 Å². The van der Waals surface area contributed by atoms with Gasteiger partial charge in [0.25, 0.3) is 0 Å². The normalized spacial score (nSPS) is 16.1. The molecule has 0 aromatic heterocycles. The van der Waals surface area contributed by atoms with Crippen LogP contribution in [0.25, 0.3) is 0 Å². The summed E-state index contributed by atoms with van der Waals surface area (Å²) in [6.45, 7) is 4.91. The van der Waals surface area contributed by atoms with Crippen LogP contribution < -0.4 is 5.32 Å². The van der Waals surface area contributed by atoms with Gasteiger partial charge in [0, 0.05) is 11.7 Å². The first-order valence-electron chi connectivity index (χ1n) is 4.76. The topological polar surface area (TPSA) is 41.5 Å². The molecule has 0 saturated heterocycles. The first-order valence-corrected chi connectivity index (χ1v) is 5.74. The van der Waals surface area contributed by atoms with E-state index >= 15 is 0 Å². The van der Waals surface area contributed by atoms with E-state index in [9.17, 15) is 4.79 Å². The number of thioether (sulfide) groups is 1. The predicted molar refractivity (Wildman–Crippen MR) is 57.0 cm³/mol. The Balaban J connectivity index is 2.39. The van der Waals surface area contributed by atoms with Crippen LogP contribution >= 0.6 is 11.8 Å². The molecule has 1 amide bonds. The maximum atomic E-state index is 11.6. The first-order chi connectivity index (χ1) is 6.27. The monoisotopic (exact) mass is 200 g/mol. The molecule has 3 nitrogen and oxygen atoms in total. The van der Waals surface area contributed by atoms with Gasteiger partial charge in [-0.25, -0.2) is 0 Å². The molecule has 0 saturated carbocycles. The van der Waals surface area contributed by atoms with Crippen LogP contribution in [0.3, 0.4) is 0 Å². The van der Waals surface area contributed by atoms with Gasteiger partial charge in [0.05, 0.1) is 6.54 Å². The number of nitrogens with one attached hydrogen (secondary N) is 1. The van der Waals surface area contributed by atoms with Gasteiger partial charge < -0.3 is 5.32 Å². The smallest absolute Gasteiger partial charge is 0.229 e.